The van der Waals surface area contributed by atoms with E-state index in [0.29, 0.717) is 11.6 Å². The van der Waals surface area contributed by atoms with Crippen LogP contribution < -0.4 is 16.4 Å². The fourth-order valence-corrected chi connectivity index (χ4v) is 3.26. The molecule has 0 aliphatic heterocycles. The van der Waals surface area contributed by atoms with Crippen LogP contribution in [0.25, 0.3) is 0 Å². The summed E-state index contributed by atoms with van der Waals surface area (Å²) < 4.78 is 0. The van der Waals surface area contributed by atoms with Gasteiger partial charge in [0.15, 0.2) is 5.78 Å². The van der Waals surface area contributed by atoms with Crippen LogP contribution in [0, 0.1) is 11.8 Å². The first kappa shape index (κ1) is 22.7. The lowest BCUT2D eigenvalue weighted by Crippen LogP contribution is -2.52. The van der Waals surface area contributed by atoms with Gasteiger partial charge in [0, 0.05) is 35.3 Å². The number of aliphatic hydroxyl groups excluding tert-OH is 1. The quantitative estimate of drug-likeness (QED) is 0.488. The Morgan fingerprint density at radius 2 is 1.65 bits per heavy atom. The van der Waals surface area contributed by atoms with Crippen molar-refractivity contribution >= 4 is 11.7 Å². The molecular weight excluding hydrogens is 390 g/mol. The molecule has 31 heavy (non-hydrogen) atoms. The fraction of sp³-hybridized carbons (Fsp3) is 0.360. The molecule has 1 aliphatic rings. The molecule has 0 heterocycles. The molecule has 0 unspecified atom stereocenters. The zero-order valence-corrected chi connectivity index (χ0v) is 17.7. The molecule has 1 amide bonds. The van der Waals surface area contributed by atoms with Crippen molar-refractivity contribution in [3.8, 4) is 11.8 Å². The van der Waals surface area contributed by atoms with E-state index < -0.39 is 30.4 Å². The smallest absolute Gasteiger partial charge is 0.251 e. The zero-order chi connectivity index (χ0) is 22.2. The standard InChI is InChI=1S/C25H29N3O3/c1-17(26)24(23(30)16-29)28-25(31)21-13-11-19(12-14-21)6-5-18-7-9-20(10-8-18)15-27-22-3-2-4-22/h7-14,17,22,24,27,29H,2-4,15-16,26H2,1H3,(H,28,31)/t17-,24+/m1/s1. The number of rotatable bonds is 8. The van der Waals surface area contributed by atoms with Crippen LogP contribution in [0.2, 0.25) is 0 Å². The Morgan fingerprint density at radius 3 is 2.13 bits per heavy atom. The van der Waals surface area contributed by atoms with Crippen molar-refractivity contribution < 1.29 is 14.7 Å². The lowest BCUT2D eigenvalue weighted by atomic mass is 9.93. The predicted octanol–water partition coefficient (Wildman–Crippen LogP) is 1.74. The summed E-state index contributed by atoms with van der Waals surface area (Å²) in [5.41, 5.74) is 9.09. The number of nitrogens with one attached hydrogen (secondary N) is 2. The van der Waals surface area contributed by atoms with E-state index in [9.17, 15) is 9.59 Å². The second-order valence-electron chi connectivity index (χ2n) is 7.97. The van der Waals surface area contributed by atoms with Gasteiger partial charge in [-0.15, -0.1) is 0 Å². The molecular formula is C25H29N3O3. The van der Waals surface area contributed by atoms with E-state index in [2.05, 4.69) is 34.6 Å². The number of nitrogens with two attached hydrogens (primary N) is 1. The van der Waals surface area contributed by atoms with Crippen LogP contribution in [-0.4, -0.2) is 41.5 Å². The Labute approximate surface area is 183 Å². The van der Waals surface area contributed by atoms with E-state index in [1.54, 1.807) is 31.2 Å². The molecule has 1 fully saturated rings. The molecule has 2 aromatic rings. The molecule has 0 bridgehead atoms. The van der Waals surface area contributed by atoms with Crippen LogP contribution >= 0.6 is 0 Å². The second-order valence-corrected chi connectivity index (χ2v) is 7.97. The monoisotopic (exact) mass is 419 g/mol. The van der Waals surface area contributed by atoms with E-state index in [4.69, 9.17) is 10.8 Å². The Bertz CT molecular complexity index is 952. The molecule has 2 aromatic carbocycles. The van der Waals surface area contributed by atoms with Crippen molar-refractivity contribution in [1.82, 2.24) is 10.6 Å². The van der Waals surface area contributed by atoms with Gasteiger partial charge in [-0.05, 0) is 61.7 Å². The van der Waals surface area contributed by atoms with Crippen molar-refractivity contribution in [1.29, 1.82) is 0 Å². The van der Waals surface area contributed by atoms with Crippen LogP contribution in [0.1, 0.15) is 53.2 Å². The number of ketones is 1. The summed E-state index contributed by atoms with van der Waals surface area (Å²) in [7, 11) is 0. The SMILES string of the molecule is C[C@@H](N)[C@H](NC(=O)c1ccc(C#Cc2ccc(CNC3CCC3)cc2)cc1)C(=O)CO. The van der Waals surface area contributed by atoms with Gasteiger partial charge in [-0.3, -0.25) is 9.59 Å². The first-order valence-electron chi connectivity index (χ1n) is 10.6. The minimum absolute atomic E-state index is 0.394. The molecule has 0 radical (unpaired) electrons. The number of amides is 1. The Balaban J connectivity index is 1.57. The maximum absolute atomic E-state index is 12.4. The number of benzene rings is 2. The highest BCUT2D eigenvalue weighted by molar-refractivity contribution is 5.98. The molecule has 6 nitrogen and oxygen atoms in total. The van der Waals surface area contributed by atoms with Gasteiger partial charge in [0.2, 0.25) is 0 Å². The van der Waals surface area contributed by atoms with Gasteiger partial charge in [-0.2, -0.15) is 0 Å². The van der Waals surface area contributed by atoms with Crippen LogP contribution in [0.3, 0.4) is 0 Å². The van der Waals surface area contributed by atoms with Crippen molar-refractivity contribution in [2.75, 3.05) is 6.61 Å². The topological polar surface area (TPSA) is 104 Å². The van der Waals surface area contributed by atoms with Gasteiger partial charge in [0.1, 0.15) is 12.6 Å². The minimum Gasteiger partial charge on any atom is -0.388 e. The summed E-state index contributed by atoms with van der Waals surface area (Å²) in [4.78, 5) is 24.1. The second kappa shape index (κ2) is 10.9. The van der Waals surface area contributed by atoms with Crippen molar-refractivity contribution in [2.45, 2.75) is 50.9 Å². The molecule has 2 atom stereocenters. The predicted molar refractivity (Wildman–Crippen MR) is 120 cm³/mol. The maximum Gasteiger partial charge on any atom is 0.251 e. The minimum atomic E-state index is -0.927. The largest absolute Gasteiger partial charge is 0.388 e. The molecule has 3 rings (SSSR count). The van der Waals surface area contributed by atoms with Gasteiger partial charge in [0.05, 0.1) is 0 Å². The molecule has 1 aliphatic carbocycles. The Morgan fingerprint density at radius 1 is 1.06 bits per heavy atom. The fourth-order valence-electron chi connectivity index (χ4n) is 3.26. The maximum atomic E-state index is 12.4. The van der Waals surface area contributed by atoms with Crippen LogP contribution in [0.15, 0.2) is 48.5 Å². The van der Waals surface area contributed by atoms with E-state index in [1.807, 2.05) is 12.1 Å². The molecule has 0 aromatic heterocycles. The normalized spacial score (nSPS) is 15.2. The van der Waals surface area contributed by atoms with Crippen LogP contribution in [0.4, 0.5) is 0 Å². The lowest BCUT2D eigenvalue weighted by Gasteiger charge is -2.26. The first-order chi connectivity index (χ1) is 15.0. The van der Waals surface area contributed by atoms with Gasteiger partial charge < -0.3 is 21.5 Å². The number of carbonyl (C=O) groups excluding carboxylic acids is 2. The number of hydrogen-bond acceptors (Lipinski definition) is 5. The zero-order valence-electron chi connectivity index (χ0n) is 17.7. The van der Waals surface area contributed by atoms with E-state index >= 15 is 0 Å². The molecule has 1 saturated carbocycles. The summed E-state index contributed by atoms with van der Waals surface area (Å²) in [5.74, 6) is 5.29. The van der Waals surface area contributed by atoms with Crippen molar-refractivity contribution in [3.05, 3.63) is 70.8 Å². The highest BCUT2D eigenvalue weighted by Crippen LogP contribution is 2.18. The third kappa shape index (κ3) is 6.50. The van der Waals surface area contributed by atoms with Gasteiger partial charge >= 0.3 is 0 Å². The number of Topliss-reactive ketones (excluding diaryl/α,β-unsaturated/α-hetero) is 1. The summed E-state index contributed by atoms with van der Waals surface area (Å²) in [6, 6.07) is 14.2. The molecule has 6 heteroatoms. The lowest BCUT2D eigenvalue weighted by molar-refractivity contribution is -0.123. The Hall–Kier alpha value is -2.98. The van der Waals surface area contributed by atoms with Gasteiger partial charge in [-0.1, -0.05) is 30.4 Å². The Kier molecular flexibility index (Phi) is 7.96. The number of hydrogen-bond donors (Lipinski definition) is 4. The highest BCUT2D eigenvalue weighted by atomic mass is 16.3. The summed E-state index contributed by atoms with van der Waals surface area (Å²) in [6.07, 6.45) is 3.88. The highest BCUT2D eigenvalue weighted by Gasteiger charge is 2.24. The third-order valence-electron chi connectivity index (χ3n) is 5.47. The molecule has 0 saturated heterocycles. The third-order valence-corrected chi connectivity index (χ3v) is 5.47. The van der Waals surface area contributed by atoms with Crippen LogP contribution in [0.5, 0.6) is 0 Å². The van der Waals surface area contributed by atoms with Crippen molar-refractivity contribution in [3.63, 3.8) is 0 Å². The summed E-state index contributed by atoms with van der Waals surface area (Å²) in [5, 5.41) is 15.2. The summed E-state index contributed by atoms with van der Waals surface area (Å²) in [6.45, 7) is 1.82. The van der Waals surface area contributed by atoms with E-state index in [-0.39, 0.29) is 0 Å². The summed E-state index contributed by atoms with van der Waals surface area (Å²) >= 11 is 0. The van der Waals surface area contributed by atoms with Gasteiger partial charge in [0.25, 0.3) is 5.91 Å². The van der Waals surface area contributed by atoms with Crippen LogP contribution in [-0.2, 0) is 11.3 Å². The molecule has 5 N–H and O–H groups in total. The van der Waals surface area contributed by atoms with Crippen molar-refractivity contribution in [2.24, 2.45) is 5.73 Å². The molecule has 0 spiro atoms. The molecule has 162 valence electrons. The number of carbonyl (C=O) groups is 2. The number of aliphatic hydroxyl groups is 1. The van der Waals surface area contributed by atoms with E-state index in [1.165, 1.54) is 24.8 Å². The average molecular weight is 420 g/mol. The van der Waals surface area contributed by atoms with Gasteiger partial charge in [-0.25, -0.2) is 0 Å². The first-order valence-corrected chi connectivity index (χ1v) is 10.6. The van der Waals surface area contributed by atoms with E-state index in [0.717, 1.165) is 17.7 Å². The average Bonchev–Trinajstić information content (AvgIpc) is 2.75.